The van der Waals surface area contributed by atoms with Crippen LogP contribution in [0.3, 0.4) is 0 Å². The summed E-state index contributed by atoms with van der Waals surface area (Å²) in [7, 11) is 0. The van der Waals surface area contributed by atoms with E-state index >= 15 is 0 Å². The molecular weight excluding hydrogens is 263 g/mol. The van der Waals surface area contributed by atoms with Gasteiger partial charge in [0.2, 0.25) is 0 Å². The zero-order chi connectivity index (χ0) is 13.3. The first kappa shape index (κ1) is 13.5. The van der Waals surface area contributed by atoms with E-state index in [1.807, 2.05) is 12.1 Å². The minimum atomic E-state index is 0.171. The molecule has 0 spiro atoms. The van der Waals surface area contributed by atoms with Crippen LogP contribution in [-0.2, 0) is 5.41 Å². The van der Waals surface area contributed by atoms with Crippen molar-refractivity contribution in [3.8, 4) is 11.1 Å². The Hall–Kier alpha value is -0.980. The Bertz CT molecular complexity index is 528. The molecule has 18 heavy (non-hydrogen) atoms. The first-order valence-corrected chi connectivity index (χ1v) is 6.69. The van der Waals surface area contributed by atoms with E-state index in [4.69, 9.17) is 23.2 Å². The van der Waals surface area contributed by atoms with Crippen LogP contribution >= 0.6 is 23.2 Å². The average molecular weight is 279 g/mol. The number of halogens is 2. The lowest BCUT2D eigenvalue weighted by Crippen LogP contribution is -2.10. The summed E-state index contributed by atoms with van der Waals surface area (Å²) in [4.78, 5) is 0. The molecule has 2 aromatic carbocycles. The number of rotatable bonds is 1. The van der Waals surface area contributed by atoms with Crippen LogP contribution in [0.5, 0.6) is 0 Å². The van der Waals surface area contributed by atoms with Crippen molar-refractivity contribution >= 4 is 23.2 Å². The fraction of sp³-hybridized carbons (Fsp3) is 0.250. The number of hydrogen-bond donors (Lipinski definition) is 0. The Balaban J connectivity index is 2.40. The van der Waals surface area contributed by atoms with Crippen molar-refractivity contribution in [1.29, 1.82) is 0 Å². The molecule has 0 N–H and O–H groups in total. The average Bonchev–Trinajstić information content (AvgIpc) is 2.27. The van der Waals surface area contributed by atoms with Gasteiger partial charge in [0.25, 0.3) is 0 Å². The summed E-state index contributed by atoms with van der Waals surface area (Å²) in [5.41, 5.74) is 3.67. The van der Waals surface area contributed by atoms with Gasteiger partial charge < -0.3 is 0 Å². The summed E-state index contributed by atoms with van der Waals surface area (Å²) in [5, 5.41) is 1.33. The fourth-order valence-corrected chi connectivity index (χ4v) is 2.41. The highest BCUT2D eigenvalue weighted by molar-refractivity contribution is 6.35. The molecule has 0 saturated heterocycles. The Kier molecular flexibility index (Phi) is 3.70. The highest BCUT2D eigenvalue weighted by Crippen LogP contribution is 2.29. The van der Waals surface area contributed by atoms with Gasteiger partial charge >= 0.3 is 0 Å². The smallest absolute Gasteiger partial charge is 0.0426 e. The van der Waals surface area contributed by atoms with E-state index < -0.39 is 0 Å². The molecular formula is C16H16Cl2. The van der Waals surface area contributed by atoms with Crippen LogP contribution in [0, 0.1) is 0 Å². The van der Waals surface area contributed by atoms with Gasteiger partial charge in [-0.2, -0.15) is 0 Å². The highest BCUT2D eigenvalue weighted by Gasteiger charge is 2.13. The lowest BCUT2D eigenvalue weighted by atomic mass is 9.86. The SMILES string of the molecule is CC(C)(C)c1ccc(-c2cc(Cl)cc(Cl)c2)cc1. The molecule has 0 aromatic heterocycles. The quantitative estimate of drug-likeness (QED) is 0.604. The van der Waals surface area contributed by atoms with Crippen LogP contribution in [0.1, 0.15) is 26.3 Å². The van der Waals surface area contributed by atoms with Gasteiger partial charge in [0.1, 0.15) is 0 Å². The van der Waals surface area contributed by atoms with Crippen molar-refractivity contribution < 1.29 is 0 Å². The molecule has 0 atom stereocenters. The van der Waals surface area contributed by atoms with Gasteiger partial charge in [0.15, 0.2) is 0 Å². The van der Waals surface area contributed by atoms with E-state index in [1.165, 1.54) is 5.56 Å². The maximum Gasteiger partial charge on any atom is 0.0426 e. The minimum Gasteiger partial charge on any atom is -0.0843 e. The molecule has 0 heterocycles. The molecule has 0 fully saturated rings. The zero-order valence-corrected chi connectivity index (χ0v) is 12.3. The molecule has 0 nitrogen and oxygen atoms in total. The van der Waals surface area contributed by atoms with E-state index in [1.54, 1.807) is 6.07 Å². The summed E-state index contributed by atoms with van der Waals surface area (Å²) in [5.74, 6) is 0. The second kappa shape index (κ2) is 4.95. The molecule has 2 rings (SSSR count). The third-order valence-electron chi connectivity index (χ3n) is 2.95. The molecule has 0 bridgehead atoms. The van der Waals surface area contributed by atoms with Gasteiger partial charge in [-0.1, -0.05) is 68.2 Å². The monoisotopic (exact) mass is 278 g/mol. The Morgan fingerprint density at radius 1 is 0.722 bits per heavy atom. The van der Waals surface area contributed by atoms with Crippen LogP contribution in [-0.4, -0.2) is 0 Å². The maximum atomic E-state index is 6.02. The molecule has 0 amide bonds. The van der Waals surface area contributed by atoms with Gasteiger partial charge in [-0.05, 0) is 40.3 Å². The summed E-state index contributed by atoms with van der Waals surface area (Å²) >= 11 is 12.0. The van der Waals surface area contributed by atoms with Crippen LogP contribution in [0.2, 0.25) is 10.0 Å². The van der Waals surface area contributed by atoms with Gasteiger partial charge in [-0.3, -0.25) is 0 Å². The van der Waals surface area contributed by atoms with E-state index in [2.05, 4.69) is 45.0 Å². The summed E-state index contributed by atoms with van der Waals surface area (Å²) < 4.78 is 0. The van der Waals surface area contributed by atoms with Crippen molar-refractivity contribution in [2.45, 2.75) is 26.2 Å². The Labute approximate surface area is 119 Å². The highest BCUT2D eigenvalue weighted by atomic mass is 35.5. The fourth-order valence-electron chi connectivity index (χ4n) is 1.88. The molecule has 94 valence electrons. The molecule has 0 unspecified atom stereocenters. The van der Waals surface area contributed by atoms with Gasteiger partial charge in [0, 0.05) is 10.0 Å². The second-order valence-electron chi connectivity index (χ2n) is 5.49. The molecule has 0 aliphatic heterocycles. The molecule has 0 radical (unpaired) electrons. The van der Waals surface area contributed by atoms with E-state index in [0.29, 0.717) is 10.0 Å². The van der Waals surface area contributed by atoms with Crippen LogP contribution < -0.4 is 0 Å². The summed E-state index contributed by atoms with van der Waals surface area (Å²) in [6.07, 6.45) is 0. The van der Waals surface area contributed by atoms with Gasteiger partial charge in [-0.25, -0.2) is 0 Å². The minimum absolute atomic E-state index is 0.171. The van der Waals surface area contributed by atoms with E-state index in [0.717, 1.165) is 11.1 Å². The van der Waals surface area contributed by atoms with Crippen molar-refractivity contribution in [2.75, 3.05) is 0 Å². The van der Waals surface area contributed by atoms with Crippen molar-refractivity contribution in [2.24, 2.45) is 0 Å². The van der Waals surface area contributed by atoms with Crippen molar-refractivity contribution in [1.82, 2.24) is 0 Å². The lowest BCUT2D eigenvalue weighted by molar-refractivity contribution is 0.590. The van der Waals surface area contributed by atoms with Crippen LogP contribution in [0.4, 0.5) is 0 Å². The first-order valence-electron chi connectivity index (χ1n) is 5.93. The Morgan fingerprint density at radius 3 is 1.67 bits per heavy atom. The zero-order valence-electron chi connectivity index (χ0n) is 10.8. The molecule has 0 saturated carbocycles. The van der Waals surface area contributed by atoms with Crippen molar-refractivity contribution in [3.63, 3.8) is 0 Å². The number of hydrogen-bond acceptors (Lipinski definition) is 0. The predicted octanol–water partition coefficient (Wildman–Crippen LogP) is 5.96. The van der Waals surface area contributed by atoms with Crippen LogP contribution in [0.15, 0.2) is 42.5 Å². The summed E-state index contributed by atoms with van der Waals surface area (Å²) in [6, 6.07) is 14.1. The summed E-state index contributed by atoms with van der Waals surface area (Å²) in [6.45, 7) is 6.62. The lowest BCUT2D eigenvalue weighted by Gasteiger charge is -2.19. The van der Waals surface area contributed by atoms with E-state index in [9.17, 15) is 0 Å². The van der Waals surface area contributed by atoms with Gasteiger partial charge in [-0.15, -0.1) is 0 Å². The molecule has 2 aromatic rings. The predicted molar refractivity (Wildman–Crippen MR) is 80.6 cm³/mol. The second-order valence-corrected chi connectivity index (χ2v) is 6.36. The number of benzene rings is 2. The largest absolute Gasteiger partial charge is 0.0843 e. The topological polar surface area (TPSA) is 0 Å². The standard InChI is InChI=1S/C16H16Cl2/c1-16(2,3)13-6-4-11(5-7-13)12-8-14(17)10-15(18)9-12/h4-10H,1-3H3. The van der Waals surface area contributed by atoms with E-state index in [-0.39, 0.29) is 5.41 Å². The normalized spacial score (nSPS) is 11.6. The van der Waals surface area contributed by atoms with Crippen molar-refractivity contribution in [3.05, 3.63) is 58.1 Å². The molecule has 2 heteroatoms. The molecule has 0 aliphatic rings. The third-order valence-corrected chi connectivity index (χ3v) is 3.38. The van der Waals surface area contributed by atoms with Gasteiger partial charge in [0.05, 0.1) is 0 Å². The van der Waals surface area contributed by atoms with Crippen LogP contribution in [0.25, 0.3) is 11.1 Å². The Morgan fingerprint density at radius 2 is 1.22 bits per heavy atom. The first-order chi connectivity index (χ1) is 8.36. The maximum absolute atomic E-state index is 6.02. The molecule has 0 aliphatic carbocycles. The third kappa shape index (κ3) is 3.07.